The van der Waals surface area contributed by atoms with Crippen LogP contribution in [0.2, 0.25) is 0 Å². The zero-order valence-electron chi connectivity index (χ0n) is 13.3. The van der Waals surface area contributed by atoms with E-state index in [1.54, 1.807) is 23.5 Å². The number of thiophene rings is 1. The topological polar surface area (TPSA) is 45.8 Å². The molecule has 0 saturated heterocycles. The summed E-state index contributed by atoms with van der Waals surface area (Å²) in [4.78, 5) is 22.2. The predicted molar refractivity (Wildman–Crippen MR) is 97.4 cm³/mol. The number of halogens is 1. The van der Waals surface area contributed by atoms with Gasteiger partial charge in [0.15, 0.2) is 5.16 Å². The zero-order valence-corrected chi connectivity index (χ0v) is 14.9. The van der Waals surface area contributed by atoms with E-state index in [1.807, 2.05) is 0 Å². The molecule has 24 heavy (non-hydrogen) atoms. The third kappa shape index (κ3) is 3.00. The van der Waals surface area contributed by atoms with E-state index in [0.717, 1.165) is 35.0 Å². The van der Waals surface area contributed by atoms with E-state index in [0.29, 0.717) is 16.8 Å². The minimum atomic E-state index is -0.241. The van der Waals surface area contributed by atoms with Gasteiger partial charge in [-0.3, -0.25) is 4.79 Å². The van der Waals surface area contributed by atoms with Crippen molar-refractivity contribution in [2.24, 2.45) is 5.92 Å². The average molecular weight is 360 g/mol. The normalized spacial score (nSPS) is 17.2. The summed E-state index contributed by atoms with van der Waals surface area (Å²) in [7, 11) is 0. The summed E-state index contributed by atoms with van der Waals surface area (Å²) >= 11 is 3.13. The second kappa shape index (κ2) is 6.33. The molecular formula is C18H17FN2OS2. The number of benzene rings is 1. The van der Waals surface area contributed by atoms with Gasteiger partial charge in [-0.1, -0.05) is 30.8 Å². The number of hydrogen-bond acceptors (Lipinski definition) is 4. The monoisotopic (exact) mass is 360 g/mol. The summed E-state index contributed by atoms with van der Waals surface area (Å²) in [6, 6.07) is 6.40. The van der Waals surface area contributed by atoms with Crippen molar-refractivity contribution in [2.45, 2.75) is 37.1 Å². The Labute approximate surface area is 147 Å². The lowest BCUT2D eigenvalue weighted by molar-refractivity contribution is 0.509. The summed E-state index contributed by atoms with van der Waals surface area (Å²) in [5.41, 5.74) is 2.18. The van der Waals surface area contributed by atoms with E-state index < -0.39 is 0 Å². The van der Waals surface area contributed by atoms with Crippen LogP contribution in [0.4, 0.5) is 4.39 Å². The molecular weight excluding hydrogens is 343 g/mol. The SMILES string of the molecule is CC1CCc2c(sc3nc(SCc4ccc(F)cc4)[nH]c(=O)c23)C1. The van der Waals surface area contributed by atoms with Gasteiger partial charge in [0.05, 0.1) is 5.39 Å². The summed E-state index contributed by atoms with van der Waals surface area (Å²) in [6.45, 7) is 2.26. The molecule has 1 N–H and O–H groups in total. The van der Waals surface area contributed by atoms with Crippen molar-refractivity contribution < 1.29 is 4.39 Å². The van der Waals surface area contributed by atoms with Crippen molar-refractivity contribution in [1.82, 2.24) is 9.97 Å². The van der Waals surface area contributed by atoms with E-state index >= 15 is 0 Å². The van der Waals surface area contributed by atoms with Crippen LogP contribution in [0.3, 0.4) is 0 Å². The minimum Gasteiger partial charge on any atom is -0.301 e. The van der Waals surface area contributed by atoms with Gasteiger partial charge in [0.1, 0.15) is 10.6 Å². The van der Waals surface area contributed by atoms with Gasteiger partial charge in [0.2, 0.25) is 0 Å². The van der Waals surface area contributed by atoms with Crippen molar-refractivity contribution in [2.75, 3.05) is 0 Å². The van der Waals surface area contributed by atoms with Crippen LogP contribution in [0.25, 0.3) is 10.2 Å². The quantitative estimate of drug-likeness (QED) is 0.551. The Balaban J connectivity index is 1.63. The third-order valence-corrected chi connectivity index (χ3v) is 6.53. The van der Waals surface area contributed by atoms with Crippen LogP contribution < -0.4 is 5.56 Å². The van der Waals surface area contributed by atoms with Gasteiger partial charge in [-0.15, -0.1) is 11.3 Å². The molecule has 0 amide bonds. The molecule has 6 heteroatoms. The van der Waals surface area contributed by atoms with E-state index in [-0.39, 0.29) is 11.4 Å². The highest BCUT2D eigenvalue weighted by molar-refractivity contribution is 7.98. The summed E-state index contributed by atoms with van der Waals surface area (Å²) in [6.07, 6.45) is 3.16. The van der Waals surface area contributed by atoms with Gasteiger partial charge in [-0.05, 0) is 48.4 Å². The smallest absolute Gasteiger partial charge is 0.260 e. The summed E-state index contributed by atoms with van der Waals surface area (Å²) in [5.74, 6) is 1.09. The molecule has 3 nitrogen and oxygen atoms in total. The molecule has 124 valence electrons. The number of hydrogen-bond donors (Lipinski definition) is 1. The van der Waals surface area contributed by atoms with Crippen molar-refractivity contribution in [1.29, 1.82) is 0 Å². The lowest BCUT2D eigenvalue weighted by Gasteiger charge is -2.17. The standard InChI is InChI=1S/C18H17FN2OS2/c1-10-2-7-13-14(8-10)24-17-15(13)16(22)20-18(21-17)23-9-11-3-5-12(19)6-4-11/h3-6,10H,2,7-9H2,1H3,(H,20,21,22). The highest BCUT2D eigenvalue weighted by Gasteiger charge is 2.23. The number of nitrogens with one attached hydrogen (secondary N) is 1. The Bertz CT molecular complexity index is 946. The fraction of sp³-hybridized carbons (Fsp3) is 0.333. The maximum atomic E-state index is 13.0. The molecule has 2 heterocycles. The Kier molecular flexibility index (Phi) is 4.18. The minimum absolute atomic E-state index is 0.0336. The van der Waals surface area contributed by atoms with Crippen LogP contribution in [-0.4, -0.2) is 9.97 Å². The predicted octanol–water partition coefficient (Wildman–Crippen LogP) is 4.54. The molecule has 0 spiro atoms. The molecule has 1 atom stereocenters. The van der Waals surface area contributed by atoms with Gasteiger partial charge in [0.25, 0.3) is 5.56 Å². The van der Waals surface area contributed by atoms with Crippen LogP contribution >= 0.6 is 23.1 Å². The fourth-order valence-electron chi connectivity index (χ4n) is 3.13. The van der Waals surface area contributed by atoms with E-state index in [4.69, 9.17) is 0 Å². The number of aryl methyl sites for hydroxylation is 1. The Morgan fingerprint density at radius 3 is 2.96 bits per heavy atom. The molecule has 1 aliphatic rings. The van der Waals surface area contributed by atoms with Gasteiger partial charge >= 0.3 is 0 Å². The molecule has 1 aromatic carbocycles. The number of H-pyrrole nitrogens is 1. The van der Waals surface area contributed by atoms with Crippen molar-refractivity contribution in [3.05, 3.63) is 56.4 Å². The molecule has 1 aliphatic carbocycles. The Morgan fingerprint density at radius 2 is 2.17 bits per heavy atom. The molecule has 0 aliphatic heterocycles. The van der Waals surface area contributed by atoms with E-state index in [2.05, 4.69) is 16.9 Å². The maximum absolute atomic E-state index is 13.0. The van der Waals surface area contributed by atoms with Gasteiger partial charge in [0, 0.05) is 10.6 Å². The number of thioether (sulfide) groups is 1. The second-order valence-electron chi connectivity index (χ2n) is 6.32. The molecule has 0 radical (unpaired) electrons. The first-order valence-corrected chi connectivity index (χ1v) is 9.82. The number of fused-ring (bicyclic) bond motifs is 3. The molecule has 0 fully saturated rings. The van der Waals surface area contributed by atoms with Crippen LogP contribution in [-0.2, 0) is 18.6 Å². The summed E-state index contributed by atoms with van der Waals surface area (Å²) in [5, 5.41) is 1.41. The highest BCUT2D eigenvalue weighted by Crippen LogP contribution is 2.36. The maximum Gasteiger partial charge on any atom is 0.260 e. The lowest BCUT2D eigenvalue weighted by atomic mass is 9.89. The fourth-order valence-corrected chi connectivity index (χ4v) is 5.39. The molecule has 0 saturated carbocycles. The largest absolute Gasteiger partial charge is 0.301 e. The number of nitrogens with zero attached hydrogens (tertiary/aromatic N) is 1. The number of aromatic nitrogens is 2. The van der Waals surface area contributed by atoms with Crippen molar-refractivity contribution >= 4 is 33.3 Å². The van der Waals surface area contributed by atoms with E-state index in [9.17, 15) is 9.18 Å². The van der Waals surface area contributed by atoms with Gasteiger partial charge in [-0.2, -0.15) is 0 Å². The zero-order chi connectivity index (χ0) is 16.7. The van der Waals surface area contributed by atoms with Crippen molar-refractivity contribution in [3.63, 3.8) is 0 Å². The van der Waals surface area contributed by atoms with Gasteiger partial charge in [-0.25, -0.2) is 9.37 Å². The molecule has 0 bridgehead atoms. The van der Waals surface area contributed by atoms with Crippen LogP contribution in [0.15, 0.2) is 34.2 Å². The summed E-state index contributed by atoms with van der Waals surface area (Å²) < 4.78 is 13.0. The second-order valence-corrected chi connectivity index (χ2v) is 8.37. The van der Waals surface area contributed by atoms with E-state index in [1.165, 1.54) is 34.3 Å². The first-order chi connectivity index (χ1) is 11.6. The third-order valence-electron chi connectivity index (χ3n) is 4.43. The first kappa shape index (κ1) is 15.8. The highest BCUT2D eigenvalue weighted by atomic mass is 32.2. The first-order valence-electron chi connectivity index (χ1n) is 8.02. The number of rotatable bonds is 3. The van der Waals surface area contributed by atoms with Gasteiger partial charge < -0.3 is 4.98 Å². The van der Waals surface area contributed by atoms with Crippen LogP contribution in [0, 0.1) is 11.7 Å². The van der Waals surface area contributed by atoms with Crippen LogP contribution in [0.1, 0.15) is 29.3 Å². The Hall–Kier alpha value is -1.66. The molecule has 1 unspecified atom stereocenters. The molecule has 3 aromatic rings. The Morgan fingerprint density at radius 1 is 1.38 bits per heavy atom. The molecule has 4 rings (SSSR count). The van der Waals surface area contributed by atoms with Crippen molar-refractivity contribution in [3.8, 4) is 0 Å². The average Bonchev–Trinajstić information content (AvgIpc) is 2.92. The number of aromatic amines is 1. The molecule has 2 aromatic heterocycles. The lowest BCUT2D eigenvalue weighted by Crippen LogP contribution is -2.13. The van der Waals surface area contributed by atoms with Crippen LogP contribution in [0.5, 0.6) is 0 Å².